The Labute approximate surface area is 402 Å². The Bertz CT molecular complexity index is 4240. The molecule has 0 radical (unpaired) electrons. The van der Waals surface area contributed by atoms with Crippen molar-refractivity contribution in [2.45, 2.75) is 0 Å². The van der Waals surface area contributed by atoms with Gasteiger partial charge in [-0.1, -0.05) is 164 Å². The predicted octanol–water partition coefficient (Wildman–Crippen LogP) is 18.3. The zero-order valence-electron chi connectivity index (χ0n) is 37.8. The van der Waals surface area contributed by atoms with Gasteiger partial charge in [0.05, 0.1) is 22.1 Å². The van der Waals surface area contributed by atoms with Crippen LogP contribution in [0.3, 0.4) is 0 Å². The first-order valence-corrected chi connectivity index (χ1v) is 23.9. The van der Waals surface area contributed by atoms with E-state index in [2.05, 4.69) is 240 Å². The predicted molar refractivity (Wildman–Crippen MR) is 291 cm³/mol. The molecule has 4 aromatic heterocycles. The molecule has 0 saturated heterocycles. The van der Waals surface area contributed by atoms with Crippen molar-refractivity contribution in [3.05, 3.63) is 243 Å². The van der Waals surface area contributed by atoms with Crippen LogP contribution in [0.25, 0.3) is 143 Å². The third-order valence-corrected chi connectivity index (χ3v) is 14.5. The minimum Gasteiger partial charge on any atom is -0.455 e. The van der Waals surface area contributed by atoms with Crippen molar-refractivity contribution in [2.24, 2.45) is 0 Å². The van der Waals surface area contributed by atoms with Crippen LogP contribution in [0.15, 0.2) is 251 Å². The van der Waals surface area contributed by atoms with Crippen molar-refractivity contribution < 1.29 is 8.83 Å². The quantitative estimate of drug-likeness (QED) is 0.167. The molecule has 0 bridgehead atoms. The first kappa shape index (κ1) is 38.7. The Balaban J connectivity index is 0.971. The van der Waals surface area contributed by atoms with E-state index in [1.54, 1.807) is 0 Å². The molecule has 0 atom stereocenters. The van der Waals surface area contributed by atoms with E-state index in [9.17, 15) is 0 Å². The Morgan fingerprint density at radius 1 is 0.229 bits per heavy atom. The van der Waals surface area contributed by atoms with Crippen molar-refractivity contribution in [1.29, 1.82) is 0 Å². The molecule has 0 unspecified atom stereocenters. The highest BCUT2D eigenvalue weighted by Gasteiger charge is 2.20. The topological polar surface area (TPSA) is 36.1 Å². The third-order valence-electron chi connectivity index (χ3n) is 14.5. The van der Waals surface area contributed by atoms with Gasteiger partial charge in [0.15, 0.2) is 0 Å². The Morgan fingerprint density at radius 2 is 0.557 bits per heavy atom. The molecule has 4 heterocycles. The molecule has 15 rings (SSSR count). The van der Waals surface area contributed by atoms with Gasteiger partial charge in [0.25, 0.3) is 0 Å². The van der Waals surface area contributed by atoms with E-state index in [1.807, 2.05) is 12.1 Å². The summed E-state index contributed by atoms with van der Waals surface area (Å²) in [5.74, 6) is 0. The lowest BCUT2D eigenvalue weighted by Crippen LogP contribution is -2.00. The maximum atomic E-state index is 6.68. The minimum atomic E-state index is 0.877. The number of nitrogens with zero attached hydrogens (tertiary/aromatic N) is 2. The highest BCUT2D eigenvalue weighted by molar-refractivity contribution is 6.13. The molecule has 70 heavy (non-hydrogen) atoms. The SMILES string of the molecule is c1cc(-c2cc(-c3cccc4c3oc3ccccc34)cc(-c3cccc4c3oc3ccccc34)c2)cc(-c2cc(-n3c4ccccc4c4ccccc43)cc(-n3c4ccccc4c4ccccc43)c2)c1. The van der Waals surface area contributed by atoms with Crippen molar-refractivity contribution in [2.75, 3.05) is 0 Å². The van der Waals surface area contributed by atoms with Crippen LogP contribution in [-0.2, 0) is 0 Å². The number of benzene rings is 11. The van der Waals surface area contributed by atoms with Gasteiger partial charge in [0.1, 0.15) is 22.3 Å². The molecule has 4 nitrogen and oxygen atoms in total. The molecule has 0 aliphatic rings. The molecule has 11 aromatic carbocycles. The van der Waals surface area contributed by atoms with Crippen LogP contribution >= 0.6 is 0 Å². The van der Waals surface area contributed by atoms with Crippen LogP contribution < -0.4 is 0 Å². The van der Waals surface area contributed by atoms with Crippen LogP contribution in [0.4, 0.5) is 0 Å². The number of hydrogen-bond acceptors (Lipinski definition) is 2. The van der Waals surface area contributed by atoms with E-state index >= 15 is 0 Å². The average molecular weight is 893 g/mol. The van der Waals surface area contributed by atoms with E-state index in [0.29, 0.717) is 0 Å². The fraction of sp³-hybridized carbons (Fsp3) is 0. The van der Waals surface area contributed by atoms with Crippen molar-refractivity contribution in [3.63, 3.8) is 0 Å². The van der Waals surface area contributed by atoms with Gasteiger partial charge >= 0.3 is 0 Å². The van der Waals surface area contributed by atoms with Crippen LogP contribution in [-0.4, -0.2) is 9.13 Å². The normalized spacial score (nSPS) is 12.0. The third kappa shape index (κ3) is 5.84. The molecular weight excluding hydrogens is 853 g/mol. The van der Waals surface area contributed by atoms with Crippen molar-refractivity contribution >= 4 is 87.5 Å². The number of aromatic nitrogens is 2. The van der Waals surface area contributed by atoms with Crippen LogP contribution in [0.2, 0.25) is 0 Å². The van der Waals surface area contributed by atoms with Crippen LogP contribution in [0.5, 0.6) is 0 Å². The van der Waals surface area contributed by atoms with Gasteiger partial charge in [-0.05, 0) is 112 Å². The highest BCUT2D eigenvalue weighted by Crippen LogP contribution is 2.44. The smallest absolute Gasteiger partial charge is 0.143 e. The first-order chi connectivity index (χ1) is 34.7. The monoisotopic (exact) mass is 892 g/mol. The van der Waals surface area contributed by atoms with Gasteiger partial charge < -0.3 is 18.0 Å². The molecule has 15 aromatic rings. The number of hydrogen-bond donors (Lipinski definition) is 0. The van der Waals surface area contributed by atoms with E-state index in [-0.39, 0.29) is 0 Å². The van der Waals surface area contributed by atoms with Gasteiger partial charge in [-0.15, -0.1) is 0 Å². The van der Waals surface area contributed by atoms with Gasteiger partial charge in [-0.2, -0.15) is 0 Å². The fourth-order valence-electron chi connectivity index (χ4n) is 11.4. The minimum absolute atomic E-state index is 0.877. The summed E-state index contributed by atoms with van der Waals surface area (Å²) in [7, 11) is 0. The average Bonchev–Trinajstić information content (AvgIpc) is 4.19. The van der Waals surface area contributed by atoms with E-state index in [4.69, 9.17) is 8.83 Å². The van der Waals surface area contributed by atoms with Gasteiger partial charge in [0, 0.05) is 65.6 Å². The molecule has 0 spiro atoms. The summed E-state index contributed by atoms with van der Waals surface area (Å²) in [6.07, 6.45) is 0. The van der Waals surface area contributed by atoms with E-state index in [0.717, 1.165) is 99.8 Å². The number of fused-ring (bicyclic) bond motifs is 12. The molecule has 0 N–H and O–H groups in total. The summed E-state index contributed by atoms with van der Waals surface area (Å²) < 4.78 is 18.2. The molecule has 0 fully saturated rings. The zero-order chi connectivity index (χ0) is 45.9. The Morgan fingerprint density at radius 3 is 1.00 bits per heavy atom. The Hall–Kier alpha value is -9.38. The molecular formula is C66H40N2O2. The summed E-state index contributed by atoms with van der Waals surface area (Å²) in [5, 5.41) is 9.35. The second kappa shape index (κ2) is 15.1. The summed E-state index contributed by atoms with van der Waals surface area (Å²) in [6.45, 7) is 0. The largest absolute Gasteiger partial charge is 0.455 e. The van der Waals surface area contributed by atoms with Crippen molar-refractivity contribution in [3.8, 4) is 55.9 Å². The van der Waals surface area contributed by atoms with Crippen molar-refractivity contribution in [1.82, 2.24) is 9.13 Å². The number of furan rings is 2. The number of para-hydroxylation sites is 8. The lowest BCUT2D eigenvalue weighted by molar-refractivity contribution is 0.670. The second-order valence-electron chi connectivity index (χ2n) is 18.4. The van der Waals surface area contributed by atoms with Crippen LogP contribution in [0, 0.1) is 0 Å². The van der Waals surface area contributed by atoms with Gasteiger partial charge in [-0.3, -0.25) is 0 Å². The molecule has 0 aliphatic carbocycles. The lowest BCUT2D eigenvalue weighted by Gasteiger charge is -2.17. The van der Waals surface area contributed by atoms with E-state index in [1.165, 1.54) is 43.6 Å². The maximum absolute atomic E-state index is 6.68. The standard InChI is InChI=1S/C66H40N2O2/c1-7-28-59-51(18-1)52-19-2-8-29-60(52)67(59)47-38-44(39-48(40-47)68-61-30-9-3-20-53(61)54-21-4-10-31-62(54)68)42-17-13-16-41(34-42)43-35-45(49-24-14-26-57-55-22-5-11-32-63(55)69-65(49)57)37-46(36-43)50-25-15-27-58-56-23-6-12-33-64(56)70-66(50)58/h1-40H. The lowest BCUT2D eigenvalue weighted by atomic mass is 9.91. The maximum Gasteiger partial charge on any atom is 0.143 e. The zero-order valence-corrected chi connectivity index (χ0v) is 37.8. The highest BCUT2D eigenvalue weighted by atomic mass is 16.3. The molecule has 326 valence electrons. The summed E-state index contributed by atoms with van der Waals surface area (Å²) in [6, 6.07) is 87.7. The molecule has 0 aliphatic heterocycles. The first-order valence-electron chi connectivity index (χ1n) is 23.9. The second-order valence-corrected chi connectivity index (χ2v) is 18.4. The molecule has 4 heteroatoms. The fourth-order valence-corrected chi connectivity index (χ4v) is 11.4. The molecule has 0 amide bonds. The van der Waals surface area contributed by atoms with Gasteiger partial charge in [-0.25, -0.2) is 0 Å². The Kier molecular flexibility index (Phi) is 8.33. The molecule has 0 saturated carbocycles. The van der Waals surface area contributed by atoms with Crippen LogP contribution in [0.1, 0.15) is 0 Å². The van der Waals surface area contributed by atoms with Gasteiger partial charge in [0.2, 0.25) is 0 Å². The summed E-state index contributed by atoms with van der Waals surface area (Å²) in [4.78, 5) is 0. The summed E-state index contributed by atoms with van der Waals surface area (Å²) >= 11 is 0. The number of rotatable bonds is 6. The van der Waals surface area contributed by atoms with E-state index < -0.39 is 0 Å². The summed E-state index contributed by atoms with van der Waals surface area (Å²) in [5.41, 5.74) is 19.0.